The summed E-state index contributed by atoms with van der Waals surface area (Å²) in [7, 11) is 2.04. The van der Waals surface area contributed by atoms with Crippen molar-refractivity contribution >= 4 is 40.5 Å². The van der Waals surface area contributed by atoms with Crippen LogP contribution in [0, 0.1) is 0 Å². The molecule has 20 heavy (non-hydrogen) atoms. The highest BCUT2D eigenvalue weighted by Gasteiger charge is 2.16. The first kappa shape index (κ1) is 15.5. The molecule has 0 saturated carbocycles. The van der Waals surface area contributed by atoms with Gasteiger partial charge in [-0.25, -0.2) is 0 Å². The lowest BCUT2D eigenvalue weighted by Gasteiger charge is -2.29. The van der Waals surface area contributed by atoms with E-state index in [1.807, 2.05) is 43.4 Å². The zero-order chi connectivity index (χ0) is 14.7. The third kappa shape index (κ3) is 3.22. The van der Waals surface area contributed by atoms with Crippen LogP contribution in [0.2, 0.25) is 10.0 Å². The Hall–Kier alpha value is -0.890. The van der Waals surface area contributed by atoms with E-state index in [1.165, 1.54) is 0 Å². The fraction of sp³-hybridized carbons (Fsp3) is 0.250. The summed E-state index contributed by atoms with van der Waals surface area (Å²) in [6.07, 6.45) is 0. The van der Waals surface area contributed by atoms with Crippen LogP contribution in [0.25, 0.3) is 0 Å². The third-order valence-corrected chi connectivity index (χ3v) is 4.38. The lowest BCUT2D eigenvalue weighted by atomic mass is 10.1. The largest absolute Gasteiger partial charge is 0.368 e. The number of rotatable bonds is 4. The minimum atomic E-state index is 0.175. The first-order valence-electron chi connectivity index (χ1n) is 6.36. The van der Waals surface area contributed by atoms with Gasteiger partial charge in [0.05, 0.1) is 11.9 Å². The van der Waals surface area contributed by atoms with Gasteiger partial charge in [-0.3, -0.25) is 0 Å². The standard InChI is InChI=1S/C16H16Cl3N/c1-11(12-5-3-6-13(18)9-12)20(2)16-8-4-7-15(19)14(16)10-17/h3-9,11H,10H2,1-2H3. The van der Waals surface area contributed by atoms with Crippen molar-refractivity contribution in [1.29, 1.82) is 0 Å². The molecule has 0 bridgehead atoms. The predicted molar refractivity (Wildman–Crippen MR) is 89.3 cm³/mol. The van der Waals surface area contributed by atoms with E-state index >= 15 is 0 Å². The molecule has 2 rings (SSSR count). The number of benzene rings is 2. The quantitative estimate of drug-likeness (QED) is 0.629. The van der Waals surface area contributed by atoms with E-state index in [2.05, 4.69) is 17.9 Å². The van der Waals surface area contributed by atoms with E-state index in [-0.39, 0.29) is 6.04 Å². The van der Waals surface area contributed by atoms with Crippen molar-refractivity contribution in [2.75, 3.05) is 11.9 Å². The number of hydrogen-bond acceptors (Lipinski definition) is 1. The Labute approximate surface area is 135 Å². The summed E-state index contributed by atoms with van der Waals surface area (Å²) in [5, 5.41) is 1.44. The molecule has 0 saturated heterocycles. The van der Waals surface area contributed by atoms with Gasteiger partial charge in [0.25, 0.3) is 0 Å². The highest BCUT2D eigenvalue weighted by molar-refractivity contribution is 6.32. The van der Waals surface area contributed by atoms with Gasteiger partial charge >= 0.3 is 0 Å². The Morgan fingerprint density at radius 1 is 1.10 bits per heavy atom. The van der Waals surface area contributed by atoms with Gasteiger partial charge in [-0.15, -0.1) is 11.6 Å². The van der Waals surface area contributed by atoms with Crippen LogP contribution in [-0.4, -0.2) is 7.05 Å². The zero-order valence-corrected chi connectivity index (χ0v) is 13.7. The van der Waals surface area contributed by atoms with Crippen LogP contribution in [0.15, 0.2) is 42.5 Å². The molecule has 0 aromatic heterocycles. The van der Waals surface area contributed by atoms with E-state index in [1.54, 1.807) is 0 Å². The SMILES string of the molecule is CC(c1cccc(Cl)c1)N(C)c1cccc(Cl)c1CCl. The first-order valence-corrected chi connectivity index (χ1v) is 7.65. The van der Waals surface area contributed by atoms with E-state index in [0.29, 0.717) is 10.9 Å². The Kier molecular flexibility index (Phi) is 5.20. The molecule has 0 radical (unpaired) electrons. The number of halogens is 3. The molecule has 2 aromatic rings. The molecule has 4 heteroatoms. The number of anilines is 1. The van der Waals surface area contributed by atoms with Gasteiger partial charge in [0.2, 0.25) is 0 Å². The molecule has 0 N–H and O–H groups in total. The van der Waals surface area contributed by atoms with Crippen molar-refractivity contribution in [3.8, 4) is 0 Å². The van der Waals surface area contributed by atoms with Crippen LogP contribution in [0.1, 0.15) is 24.1 Å². The molecular formula is C16H16Cl3N. The molecule has 1 atom stereocenters. The molecule has 0 aliphatic carbocycles. The van der Waals surface area contributed by atoms with E-state index in [0.717, 1.165) is 21.8 Å². The van der Waals surface area contributed by atoms with Crippen LogP contribution >= 0.6 is 34.8 Å². The Morgan fingerprint density at radius 3 is 2.45 bits per heavy atom. The van der Waals surface area contributed by atoms with Crippen LogP contribution in [-0.2, 0) is 5.88 Å². The van der Waals surface area contributed by atoms with Gasteiger partial charge in [-0.1, -0.05) is 41.4 Å². The van der Waals surface area contributed by atoms with Crippen molar-refractivity contribution in [3.05, 3.63) is 63.6 Å². The third-order valence-electron chi connectivity index (χ3n) is 3.52. The lowest BCUT2D eigenvalue weighted by molar-refractivity contribution is 0.737. The highest BCUT2D eigenvalue weighted by Crippen LogP contribution is 2.33. The summed E-state index contributed by atoms with van der Waals surface area (Å²) < 4.78 is 0. The lowest BCUT2D eigenvalue weighted by Crippen LogP contribution is -2.22. The summed E-state index contributed by atoms with van der Waals surface area (Å²) in [5.74, 6) is 0.390. The van der Waals surface area contributed by atoms with Crippen LogP contribution in [0.5, 0.6) is 0 Å². The first-order chi connectivity index (χ1) is 9.54. The number of alkyl halides is 1. The van der Waals surface area contributed by atoms with Crippen LogP contribution < -0.4 is 4.90 Å². The second-order valence-electron chi connectivity index (χ2n) is 4.71. The van der Waals surface area contributed by atoms with Gasteiger partial charge in [-0.2, -0.15) is 0 Å². The molecule has 0 spiro atoms. The van der Waals surface area contributed by atoms with Gasteiger partial charge < -0.3 is 4.90 Å². The maximum atomic E-state index is 6.22. The summed E-state index contributed by atoms with van der Waals surface area (Å²) in [6.45, 7) is 2.13. The summed E-state index contributed by atoms with van der Waals surface area (Å²) >= 11 is 18.3. The molecule has 0 fully saturated rings. The van der Waals surface area contributed by atoms with Crippen molar-refractivity contribution < 1.29 is 0 Å². The Morgan fingerprint density at radius 2 is 1.80 bits per heavy atom. The average Bonchev–Trinajstić information content (AvgIpc) is 2.45. The molecule has 0 amide bonds. The molecular weight excluding hydrogens is 313 g/mol. The van der Waals surface area contributed by atoms with Crippen molar-refractivity contribution in [3.63, 3.8) is 0 Å². The van der Waals surface area contributed by atoms with Gasteiger partial charge in [0, 0.05) is 28.3 Å². The summed E-state index contributed by atoms with van der Waals surface area (Å²) in [6, 6.07) is 13.9. The maximum Gasteiger partial charge on any atom is 0.0511 e. The zero-order valence-electron chi connectivity index (χ0n) is 11.4. The van der Waals surface area contributed by atoms with E-state index in [9.17, 15) is 0 Å². The second kappa shape index (κ2) is 6.71. The smallest absolute Gasteiger partial charge is 0.0511 e. The monoisotopic (exact) mass is 327 g/mol. The molecule has 1 unspecified atom stereocenters. The fourth-order valence-electron chi connectivity index (χ4n) is 2.21. The normalized spacial score (nSPS) is 12.2. The molecule has 1 nitrogen and oxygen atoms in total. The van der Waals surface area contributed by atoms with Crippen molar-refractivity contribution in [2.24, 2.45) is 0 Å². The number of nitrogens with zero attached hydrogens (tertiary/aromatic N) is 1. The highest BCUT2D eigenvalue weighted by atomic mass is 35.5. The van der Waals surface area contributed by atoms with Crippen molar-refractivity contribution in [1.82, 2.24) is 0 Å². The minimum absolute atomic E-state index is 0.175. The molecule has 0 aliphatic rings. The predicted octanol–water partition coefficient (Wildman–Crippen LogP) is 5.93. The van der Waals surface area contributed by atoms with Gasteiger partial charge in [0.1, 0.15) is 0 Å². The van der Waals surface area contributed by atoms with Crippen LogP contribution in [0.4, 0.5) is 5.69 Å². The maximum absolute atomic E-state index is 6.22. The Balaban J connectivity index is 2.36. The fourth-order valence-corrected chi connectivity index (χ4v) is 2.99. The summed E-state index contributed by atoms with van der Waals surface area (Å²) in [4.78, 5) is 2.16. The number of hydrogen-bond donors (Lipinski definition) is 0. The topological polar surface area (TPSA) is 3.24 Å². The van der Waals surface area contributed by atoms with Gasteiger partial charge in [-0.05, 0) is 36.8 Å². The molecule has 0 aliphatic heterocycles. The molecule has 2 aromatic carbocycles. The van der Waals surface area contributed by atoms with E-state index < -0.39 is 0 Å². The Bertz CT molecular complexity index is 598. The van der Waals surface area contributed by atoms with Gasteiger partial charge in [0.15, 0.2) is 0 Å². The van der Waals surface area contributed by atoms with E-state index in [4.69, 9.17) is 34.8 Å². The van der Waals surface area contributed by atoms with Crippen molar-refractivity contribution in [2.45, 2.75) is 18.8 Å². The second-order valence-corrected chi connectivity index (χ2v) is 5.82. The average molecular weight is 329 g/mol. The van der Waals surface area contributed by atoms with Crippen LogP contribution in [0.3, 0.4) is 0 Å². The molecule has 106 valence electrons. The molecule has 0 heterocycles. The minimum Gasteiger partial charge on any atom is -0.368 e. The summed E-state index contributed by atoms with van der Waals surface area (Å²) in [5.41, 5.74) is 3.15.